The summed E-state index contributed by atoms with van der Waals surface area (Å²) in [5.74, 6) is 0.844. The Morgan fingerprint density at radius 2 is 1.78 bits per heavy atom. The zero-order valence-electron chi connectivity index (χ0n) is 10.6. The lowest BCUT2D eigenvalue weighted by atomic mass is 10.3. The van der Waals surface area contributed by atoms with Crippen LogP contribution >= 0.6 is 27.7 Å². The number of hydrogen-bond acceptors (Lipinski definition) is 4. The van der Waals surface area contributed by atoms with Gasteiger partial charge in [0, 0.05) is 18.2 Å². The van der Waals surface area contributed by atoms with Crippen LogP contribution in [0.1, 0.15) is 24.0 Å². The normalized spacial score (nSPS) is 10.7. The third-order valence-electron chi connectivity index (χ3n) is 2.32. The van der Waals surface area contributed by atoms with E-state index in [-0.39, 0.29) is 0 Å². The van der Waals surface area contributed by atoms with E-state index in [1.165, 1.54) is 5.56 Å². The Labute approximate surface area is 120 Å². The molecule has 0 aliphatic heterocycles. The summed E-state index contributed by atoms with van der Waals surface area (Å²) < 4.78 is 0.821. The molecule has 2 aromatic rings. The molecule has 0 unspecified atom stereocenters. The third kappa shape index (κ3) is 3.53. The van der Waals surface area contributed by atoms with Crippen LogP contribution in [0.25, 0.3) is 0 Å². The van der Waals surface area contributed by atoms with Crippen molar-refractivity contribution in [1.29, 1.82) is 0 Å². The highest BCUT2D eigenvalue weighted by Crippen LogP contribution is 2.27. The van der Waals surface area contributed by atoms with Crippen molar-refractivity contribution in [2.24, 2.45) is 0 Å². The Hall–Kier alpha value is -0.940. The molecule has 0 amide bonds. The number of halogens is 1. The van der Waals surface area contributed by atoms with Crippen LogP contribution in [0.4, 0.5) is 0 Å². The average Bonchev–Trinajstić information content (AvgIpc) is 2.26. The number of aromatic nitrogens is 3. The van der Waals surface area contributed by atoms with Gasteiger partial charge in [0.1, 0.15) is 20.5 Å². The van der Waals surface area contributed by atoms with Crippen LogP contribution in [-0.4, -0.2) is 15.0 Å². The lowest BCUT2D eigenvalue weighted by Gasteiger charge is -2.05. The molecule has 0 spiro atoms. The molecule has 0 aromatic carbocycles. The predicted molar refractivity (Wildman–Crippen MR) is 76.9 cm³/mol. The Balaban J connectivity index is 2.30. The second-order valence-corrected chi connectivity index (χ2v) is 5.88. The molecule has 0 bridgehead atoms. The molecule has 2 aromatic heterocycles. The zero-order valence-corrected chi connectivity index (χ0v) is 13.0. The Morgan fingerprint density at radius 3 is 2.44 bits per heavy atom. The summed E-state index contributed by atoms with van der Waals surface area (Å²) in [6.07, 6.45) is 0.827. The first kappa shape index (κ1) is 13.5. The summed E-state index contributed by atoms with van der Waals surface area (Å²) in [4.78, 5) is 13.3. The number of hydrogen-bond donors (Lipinski definition) is 0. The highest BCUT2D eigenvalue weighted by molar-refractivity contribution is 9.10. The lowest BCUT2D eigenvalue weighted by molar-refractivity contribution is 0.875. The van der Waals surface area contributed by atoms with E-state index in [4.69, 9.17) is 0 Å². The summed E-state index contributed by atoms with van der Waals surface area (Å²) in [6, 6.07) is 6.06. The molecule has 0 radical (unpaired) electrons. The first-order valence-corrected chi connectivity index (χ1v) is 7.34. The minimum atomic E-state index is 0.821. The van der Waals surface area contributed by atoms with E-state index in [0.717, 1.165) is 32.6 Å². The molecule has 0 aliphatic rings. The van der Waals surface area contributed by atoms with Crippen molar-refractivity contribution in [2.75, 3.05) is 0 Å². The Bertz CT molecular complexity index is 552. The number of pyridine rings is 1. The van der Waals surface area contributed by atoms with Crippen LogP contribution in [0.15, 0.2) is 32.9 Å². The van der Waals surface area contributed by atoms with E-state index in [1.807, 2.05) is 19.9 Å². The van der Waals surface area contributed by atoms with Crippen LogP contribution in [0.5, 0.6) is 0 Å². The van der Waals surface area contributed by atoms with Gasteiger partial charge >= 0.3 is 0 Å². The maximum atomic E-state index is 4.50. The smallest absolute Gasteiger partial charge is 0.130 e. The molecule has 0 atom stereocenters. The largest absolute Gasteiger partial charge is 0.246 e. The van der Waals surface area contributed by atoms with Gasteiger partial charge in [-0.1, -0.05) is 6.92 Å². The van der Waals surface area contributed by atoms with Gasteiger partial charge < -0.3 is 0 Å². The number of rotatable bonds is 3. The van der Waals surface area contributed by atoms with Gasteiger partial charge in [-0.25, -0.2) is 15.0 Å². The average molecular weight is 324 g/mol. The molecule has 0 saturated carbocycles. The molecule has 2 heterocycles. The zero-order chi connectivity index (χ0) is 13.1. The minimum Gasteiger partial charge on any atom is -0.246 e. The number of nitrogens with zero attached hydrogens (tertiary/aromatic N) is 3. The highest BCUT2D eigenvalue weighted by Gasteiger charge is 2.05. The van der Waals surface area contributed by atoms with E-state index < -0.39 is 0 Å². The molecule has 2 rings (SSSR count). The molecule has 0 saturated heterocycles. The Kier molecular flexibility index (Phi) is 4.35. The van der Waals surface area contributed by atoms with Crippen LogP contribution in [-0.2, 0) is 6.42 Å². The van der Waals surface area contributed by atoms with Gasteiger partial charge in [0.2, 0.25) is 0 Å². The van der Waals surface area contributed by atoms with Crippen molar-refractivity contribution in [3.8, 4) is 0 Å². The molecule has 0 N–H and O–H groups in total. The van der Waals surface area contributed by atoms with Gasteiger partial charge in [0.25, 0.3) is 0 Å². The van der Waals surface area contributed by atoms with E-state index in [2.05, 4.69) is 49.9 Å². The minimum absolute atomic E-state index is 0.821. The van der Waals surface area contributed by atoms with Gasteiger partial charge in [0.15, 0.2) is 0 Å². The standard InChI is InChI=1S/C13H14BrN3S/c1-4-11-16-10(14)7-13(17-11)18-12-6-8(2)5-9(3)15-12/h5-7H,4H2,1-3H3. The maximum Gasteiger partial charge on any atom is 0.130 e. The fourth-order valence-electron chi connectivity index (χ4n) is 1.62. The summed E-state index contributed by atoms with van der Waals surface area (Å²) in [5, 5.41) is 1.89. The summed E-state index contributed by atoms with van der Waals surface area (Å²) in [5.41, 5.74) is 2.25. The summed E-state index contributed by atoms with van der Waals surface area (Å²) in [6.45, 7) is 6.13. The molecule has 3 nitrogen and oxygen atoms in total. The van der Waals surface area contributed by atoms with E-state index in [9.17, 15) is 0 Å². The van der Waals surface area contributed by atoms with E-state index in [0.29, 0.717) is 0 Å². The van der Waals surface area contributed by atoms with Crippen LogP contribution in [0, 0.1) is 13.8 Å². The van der Waals surface area contributed by atoms with Crippen molar-refractivity contribution in [3.05, 3.63) is 39.9 Å². The van der Waals surface area contributed by atoms with Gasteiger partial charge in [-0.2, -0.15) is 0 Å². The van der Waals surface area contributed by atoms with Crippen molar-refractivity contribution in [1.82, 2.24) is 15.0 Å². The monoisotopic (exact) mass is 323 g/mol. The van der Waals surface area contributed by atoms with Crippen LogP contribution in [0.2, 0.25) is 0 Å². The fourth-order valence-corrected chi connectivity index (χ4v) is 3.16. The second-order valence-electron chi connectivity index (χ2n) is 4.02. The Morgan fingerprint density at radius 1 is 1.06 bits per heavy atom. The quantitative estimate of drug-likeness (QED) is 0.801. The molecule has 94 valence electrons. The molecular formula is C13H14BrN3S. The van der Waals surface area contributed by atoms with Gasteiger partial charge in [-0.3, -0.25) is 0 Å². The van der Waals surface area contributed by atoms with Crippen molar-refractivity contribution in [2.45, 2.75) is 37.2 Å². The topological polar surface area (TPSA) is 38.7 Å². The van der Waals surface area contributed by atoms with Gasteiger partial charge in [-0.05, 0) is 59.2 Å². The van der Waals surface area contributed by atoms with Crippen LogP contribution in [0.3, 0.4) is 0 Å². The number of aryl methyl sites for hydroxylation is 3. The first-order valence-electron chi connectivity index (χ1n) is 5.73. The second kappa shape index (κ2) is 5.80. The summed E-state index contributed by atoms with van der Waals surface area (Å²) >= 11 is 4.98. The van der Waals surface area contributed by atoms with Crippen LogP contribution < -0.4 is 0 Å². The lowest BCUT2D eigenvalue weighted by Crippen LogP contribution is -1.95. The predicted octanol–water partition coefficient (Wildman–Crippen LogP) is 3.96. The molecule has 0 fully saturated rings. The summed E-state index contributed by atoms with van der Waals surface area (Å²) in [7, 11) is 0. The van der Waals surface area contributed by atoms with Gasteiger partial charge in [-0.15, -0.1) is 0 Å². The molecular weight excluding hydrogens is 310 g/mol. The van der Waals surface area contributed by atoms with Crippen molar-refractivity contribution >= 4 is 27.7 Å². The third-order valence-corrected chi connectivity index (χ3v) is 3.56. The fraction of sp³-hybridized carbons (Fsp3) is 0.308. The first-order chi connectivity index (χ1) is 8.56. The molecule has 5 heteroatoms. The maximum absolute atomic E-state index is 4.50. The van der Waals surface area contributed by atoms with Crippen molar-refractivity contribution in [3.63, 3.8) is 0 Å². The van der Waals surface area contributed by atoms with E-state index >= 15 is 0 Å². The molecule has 0 aliphatic carbocycles. The van der Waals surface area contributed by atoms with Crippen molar-refractivity contribution < 1.29 is 0 Å². The molecule has 18 heavy (non-hydrogen) atoms. The van der Waals surface area contributed by atoms with Gasteiger partial charge in [0.05, 0.1) is 0 Å². The highest BCUT2D eigenvalue weighted by atomic mass is 79.9. The van der Waals surface area contributed by atoms with E-state index in [1.54, 1.807) is 11.8 Å². The SMILES string of the molecule is CCc1nc(Br)cc(Sc2cc(C)cc(C)n2)n1.